The summed E-state index contributed by atoms with van der Waals surface area (Å²) in [7, 11) is 0. The Kier molecular flexibility index (Phi) is 25.3. The van der Waals surface area contributed by atoms with Crippen LogP contribution in [0.2, 0.25) is 0 Å². The van der Waals surface area contributed by atoms with Gasteiger partial charge in [0.2, 0.25) is 0 Å². The maximum absolute atomic E-state index is 12.6. The van der Waals surface area contributed by atoms with Crippen LogP contribution in [0.15, 0.2) is 12.2 Å². The SMILES string of the molecule is CCCC/C=C\CCCCCCCCOCC(COC1OC(CO)C(O)C(O)C1O)OC(=O)CCCCCCCCCC. The molecule has 0 aromatic heterocycles. The van der Waals surface area contributed by atoms with Crippen LogP contribution in [0.25, 0.3) is 0 Å². The molecular formula is C34H64O9. The number of carbonyl (C=O) groups excluding carboxylic acids is 1. The number of hydrogen-bond acceptors (Lipinski definition) is 9. The highest BCUT2D eigenvalue weighted by Crippen LogP contribution is 2.22. The van der Waals surface area contributed by atoms with Gasteiger partial charge in [-0.3, -0.25) is 4.79 Å². The summed E-state index contributed by atoms with van der Waals surface area (Å²) in [5, 5.41) is 39.7. The van der Waals surface area contributed by atoms with Gasteiger partial charge in [0.25, 0.3) is 0 Å². The van der Waals surface area contributed by atoms with Crippen molar-refractivity contribution < 1.29 is 44.2 Å². The van der Waals surface area contributed by atoms with E-state index in [1.165, 1.54) is 77.0 Å². The summed E-state index contributed by atoms with van der Waals surface area (Å²) in [6, 6.07) is 0. The minimum absolute atomic E-state index is 0.112. The van der Waals surface area contributed by atoms with Gasteiger partial charge in [0.15, 0.2) is 6.29 Å². The molecule has 9 heteroatoms. The molecule has 6 atom stereocenters. The van der Waals surface area contributed by atoms with E-state index in [9.17, 15) is 25.2 Å². The predicted molar refractivity (Wildman–Crippen MR) is 169 cm³/mol. The van der Waals surface area contributed by atoms with Crippen molar-refractivity contribution in [1.82, 2.24) is 0 Å². The zero-order valence-corrected chi connectivity index (χ0v) is 27.2. The molecule has 254 valence electrons. The van der Waals surface area contributed by atoms with Gasteiger partial charge in [0.05, 0.1) is 19.8 Å². The highest BCUT2D eigenvalue weighted by atomic mass is 16.7. The molecule has 1 aliphatic heterocycles. The first kappa shape index (κ1) is 40.0. The van der Waals surface area contributed by atoms with Crippen LogP contribution < -0.4 is 0 Å². The van der Waals surface area contributed by atoms with Crippen molar-refractivity contribution in [2.75, 3.05) is 26.4 Å². The Hall–Kier alpha value is -1.07. The lowest BCUT2D eigenvalue weighted by Crippen LogP contribution is -2.59. The number of hydrogen-bond donors (Lipinski definition) is 4. The largest absolute Gasteiger partial charge is 0.457 e. The highest BCUT2D eigenvalue weighted by Gasteiger charge is 2.44. The summed E-state index contributed by atoms with van der Waals surface area (Å²) >= 11 is 0. The van der Waals surface area contributed by atoms with Gasteiger partial charge < -0.3 is 39.4 Å². The van der Waals surface area contributed by atoms with Crippen LogP contribution in [0.1, 0.15) is 136 Å². The van der Waals surface area contributed by atoms with Crippen molar-refractivity contribution in [2.45, 2.75) is 173 Å². The summed E-state index contributed by atoms with van der Waals surface area (Å²) in [6.07, 6.45) is 18.2. The van der Waals surface area contributed by atoms with Crippen LogP contribution in [-0.2, 0) is 23.7 Å². The van der Waals surface area contributed by atoms with Gasteiger partial charge in [-0.25, -0.2) is 0 Å². The molecule has 1 fully saturated rings. The lowest BCUT2D eigenvalue weighted by molar-refractivity contribution is -0.305. The van der Waals surface area contributed by atoms with Crippen molar-refractivity contribution in [1.29, 1.82) is 0 Å². The van der Waals surface area contributed by atoms with Crippen molar-refractivity contribution in [3.8, 4) is 0 Å². The summed E-state index contributed by atoms with van der Waals surface area (Å²) in [4.78, 5) is 12.6. The summed E-state index contributed by atoms with van der Waals surface area (Å²) in [5.74, 6) is -0.322. The normalized spacial score (nSPS) is 23.2. The van der Waals surface area contributed by atoms with Crippen molar-refractivity contribution in [2.24, 2.45) is 0 Å². The quantitative estimate of drug-likeness (QED) is 0.0493. The van der Waals surface area contributed by atoms with Gasteiger partial charge in [0.1, 0.15) is 30.5 Å². The molecule has 0 aromatic rings. The Balaban J connectivity index is 2.37. The first-order valence-electron chi connectivity index (χ1n) is 17.3. The maximum atomic E-state index is 12.6. The standard InChI is InChI=1S/C34H64O9/c1-3-5-7-9-11-13-14-15-16-18-20-22-24-40-26-28(42-30(36)23-21-19-17-12-10-8-6-4-2)27-41-34-33(39)32(38)31(37)29(25-35)43-34/h9,11,28-29,31-35,37-39H,3-8,10,12-27H2,1-2H3/b11-9-. The highest BCUT2D eigenvalue weighted by molar-refractivity contribution is 5.69. The van der Waals surface area contributed by atoms with Gasteiger partial charge in [-0.05, 0) is 32.1 Å². The summed E-state index contributed by atoms with van der Waals surface area (Å²) < 4.78 is 22.6. The third-order valence-electron chi connectivity index (χ3n) is 7.93. The lowest BCUT2D eigenvalue weighted by atomic mass is 9.99. The van der Waals surface area contributed by atoms with E-state index in [0.717, 1.165) is 38.5 Å². The van der Waals surface area contributed by atoms with Crippen LogP contribution in [0.3, 0.4) is 0 Å². The van der Waals surface area contributed by atoms with E-state index >= 15 is 0 Å². The molecule has 0 bridgehead atoms. The average Bonchev–Trinajstić information content (AvgIpc) is 3.00. The second kappa shape index (κ2) is 27.3. The monoisotopic (exact) mass is 616 g/mol. The molecule has 0 aromatic carbocycles. The topological polar surface area (TPSA) is 135 Å². The fraction of sp³-hybridized carbons (Fsp3) is 0.912. The number of carbonyl (C=O) groups is 1. The van der Waals surface area contributed by atoms with Crippen LogP contribution in [0.4, 0.5) is 0 Å². The van der Waals surface area contributed by atoms with Crippen LogP contribution >= 0.6 is 0 Å². The molecule has 9 nitrogen and oxygen atoms in total. The Bertz CT molecular complexity index is 672. The molecule has 43 heavy (non-hydrogen) atoms. The third kappa shape index (κ3) is 19.8. The van der Waals surface area contributed by atoms with Gasteiger partial charge in [-0.2, -0.15) is 0 Å². The van der Waals surface area contributed by atoms with E-state index < -0.39 is 43.4 Å². The molecule has 6 unspecified atom stereocenters. The second-order valence-corrected chi connectivity index (χ2v) is 12.0. The van der Waals surface area contributed by atoms with E-state index in [1.54, 1.807) is 0 Å². The molecule has 0 amide bonds. The first-order chi connectivity index (χ1) is 20.9. The van der Waals surface area contributed by atoms with Crippen LogP contribution in [0.5, 0.6) is 0 Å². The smallest absolute Gasteiger partial charge is 0.306 e. The Labute approximate surface area is 261 Å². The number of aliphatic hydroxyl groups excluding tert-OH is 4. The molecule has 1 aliphatic rings. The Morgan fingerprint density at radius 2 is 1.30 bits per heavy atom. The molecule has 4 N–H and O–H groups in total. The Morgan fingerprint density at radius 1 is 0.721 bits per heavy atom. The predicted octanol–water partition coefficient (Wildman–Crippen LogP) is 5.74. The van der Waals surface area contributed by atoms with Crippen molar-refractivity contribution >= 4 is 5.97 Å². The fourth-order valence-electron chi connectivity index (χ4n) is 5.12. The molecule has 0 saturated carbocycles. The second-order valence-electron chi connectivity index (χ2n) is 12.0. The summed E-state index contributed by atoms with van der Waals surface area (Å²) in [5.41, 5.74) is 0. The van der Waals surface area contributed by atoms with Crippen molar-refractivity contribution in [3.05, 3.63) is 12.2 Å². The zero-order chi connectivity index (χ0) is 31.5. The average molecular weight is 617 g/mol. The van der Waals surface area contributed by atoms with Gasteiger partial charge in [-0.15, -0.1) is 0 Å². The molecule has 1 saturated heterocycles. The lowest BCUT2D eigenvalue weighted by Gasteiger charge is -2.39. The van der Waals surface area contributed by atoms with E-state index in [4.69, 9.17) is 18.9 Å². The fourth-order valence-corrected chi connectivity index (χ4v) is 5.12. The molecule has 1 rings (SSSR count). The molecule has 0 spiro atoms. The number of rotatable bonds is 28. The van der Waals surface area contributed by atoms with Gasteiger partial charge in [-0.1, -0.05) is 109 Å². The van der Waals surface area contributed by atoms with E-state index in [-0.39, 0.29) is 19.2 Å². The minimum atomic E-state index is -1.53. The number of allylic oxidation sites excluding steroid dienone is 2. The van der Waals surface area contributed by atoms with Crippen molar-refractivity contribution in [3.63, 3.8) is 0 Å². The maximum Gasteiger partial charge on any atom is 0.306 e. The number of unbranched alkanes of at least 4 members (excludes halogenated alkanes) is 15. The third-order valence-corrected chi connectivity index (χ3v) is 7.93. The molecule has 0 radical (unpaired) electrons. The first-order valence-corrected chi connectivity index (χ1v) is 17.3. The van der Waals surface area contributed by atoms with E-state index in [2.05, 4.69) is 26.0 Å². The molecular weight excluding hydrogens is 552 g/mol. The zero-order valence-electron chi connectivity index (χ0n) is 27.2. The number of aliphatic hydroxyl groups is 4. The van der Waals surface area contributed by atoms with E-state index in [0.29, 0.717) is 13.0 Å². The minimum Gasteiger partial charge on any atom is -0.457 e. The van der Waals surface area contributed by atoms with E-state index in [1.807, 2.05) is 0 Å². The van der Waals surface area contributed by atoms with Crippen LogP contribution in [0, 0.1) is 0 Å². The Morgan fingerprint density at radius 3 is 1.95 bits per heavy atom. The summed E-state index contributed by atoms with van der Waals surface area (Å²) in [6.45, 7) is 4.46. The van der Waals surface area contributed by atoms with Gasteiger partial charge >= 0.3 is 5.97 Å². The van der Waals surface area contributed by atoms with Crippen LogP contribution in [-0.4, -0.2) is 89.6 Å². The molecule has 0 aliphatic carbocycles. The molecule has 1 heterocycles. The number of ether oxygens (including phenoxy) is 4. The number of esters is 1. The van der Waals surface area contributed by atoms with Gasteiger partial charge in [0, 0.05) is 13.0 Å².